The maximum absolute atomic E-state index is 12.4. The minimum atomic E-state index is 0.204. The lowest BCUT2D eigenvalue weighted by molar-refractivity contribution is -0.138. The average Bonchev–Trinajstić information content (AvgIpc) is 2.25. The van der Waals surface area contributed by atoms with Gasteiger partial charge >= 0.3 is 0 Å². The predicted molar refractivity (Wildman–Crippen MR) is 67.3 cm³/mol. The fourth-order valence-electron chi connectivity index (χ4n) is 2.25. The van der Waals surface area contributed by atoms with Gasteiger partial charge in [-0.1, -0.05) is 13.8 Å². The summed E-state index contributed by atoms with van der Waals surface area (Å²) in [6.45, 7) is 11.4. The van der Waals surface area contributed by atoms with Gasteiger partial charge in [-0.15, -0.1) is 0 Å². The second-order valence-corrected chi connectivity index (χ2v) is 5.52. The number of carbonyl (C=O) groups excluding carboxylic acids is 1. The maximum Gasteiger partial charge on any atom is 0.227 e. The Morgan fingerprint density at radius 1 is 1.38 bits per heavy atom. The van der Waals surface area contributed by atoms with Gasteiger partial charge < -0.3 is 10.2 Å². The largest absolute Gasteiger partial charge is 0.340 e. The molecule has 0 saturated carbocycles. The van der Waals surface area contributed by atoms with E-state index in [2.05, 4.69) is 33.0 Å². The Labute approximate surface area is 99.6 Å². The van der Waals surface area contributed by atoms with E-state index in [1.54, 1.807) is 0 Å². The van der Waals surface area contributed by atoms with Crippen molar-refractivity contribution in [2.75, 3.05) is 19.6 Å². The molecule has 1 atom stereocenters. The Bertz CT molecular complexity index is 220. The van der Waals surface area contributed by atoms with Crippen LogP contribution in [0.4, 0.5) is 0 Å². The first-order valence-corrected chi connectivity index (χ1v) is 6.53. The first-order chi connectivity index (χ1) is 7.52. The molecule has 0 radical (unpaired) electrons. The molecule has 1 fully saturated rings. The SMILES string of the molecule is CC(C)CN(C(=O)[C@H]1CCCNC1)C(C)C. The van der Waals surface area contributed by atoms with Gasteiger partial charge in [-0.05, 0) is 39.2 Å². The van der Waals surface area contributed by atoms with E-state index in [1.165, 1.54) is 0 Å². The number of nitrogens with one attached hydrogen (secondary N) is 1. The predicted octanol–water partition coefficient (Wildman–Crippen LogP) is 1.88. The maximum atomic E-state index is 12.4. The van der Waals surface area contributed by atoms with Gasteiger partial charge in [0, 0.05) is 19.1 Å². The third kappa shape index (κ3) is 3.78. The number of hydrogen-bond donors (Lipinski definition) is 1. The zero-order valence-electron chi connectivity index (χ0n) is 11.1. The molecular weight excluding hydrogens is 200 g/mol. The molecule has 0 aliphatic carbocycles. The van der Waals surface area contributed by atoms with E-state index in [-0.39, 0.29) is 5.92 Å². The minimum Gasteiger partial charge on any atom is -0.340 e. The number of carbonyl (C=O) groups is 1. The molecule has 0 aromatic carbocycles. The van der Waals surface area contributed by atoms with Crippen LogP contribution in [0.1, 0.15) is 40.5 Å². The summed E-state index contributed by atoms with van der Waals surface area (Å²) >= 11 is 0. The molecule has 0 spiro atoms. The zero-order valence-corrected chi connectivity index (χ0v) is 11.1. The summed E-state index contributed by atoms with van der Waals surface area (Å²) in [5.74, 6) is 1.09. The first kappa shape index (κ1) is 13.5. The molecule has 1 rings (SSSR count). The highest BCUT2D eigenvalue weighted by atomic mass is 16.2. The summed E-state index contributed by atoms with van der Waals surface area (Å²) in [7, 11) is 0. The van der Waals surface area contributed by atoms with Gasteiger partial charge in [0.1, 0.15) is 0 Å². The van der Waals surface area contributed by atoms with Gasteiger partial charge in [-0.2, -0.15) is 0 Å². The van der Waals surface area contributed by atoms with E-state index in [0.717, 1.165) is 32.5 Å². The lowest BCUT2D eigenvalue weighted by Gasteiger charge is -2.33. The lowest BCUT2D eigenvalue weighted by atomic mass is 9.97. The molecule has 1 N–H and O–H groups in total. The fraction of sp³-hybridized carbons (Fsp3) is 0.923. The molecule has 94 valence electrons. The average molecular weight is 226 g/mol. The first-order valence-electron chi connectivity index (χ1n) is 6.53. The molecule has 1 saturated heterocycles. The van der Waals surface area contributed by atoms with E-state index >= 15 is 0 Å². The monoisotopic (exact) mass is 226 g/mol. The number of piperidine rings is 1. The van der Waals surface area contributed by atoms with Crippen molar-refractivity contribution in [1.29, 1.82) is 0 Å². The molecule has 0 aromatic rings. The molecule has 1 amide bonds. The van der Waals surface area contributed by atoms with E-state index in [0.29, 0.717) is 17.9 Å². The molecule has 0 bridgehead atoms. The summed E-state index contributed by atoms with van der Waals surface area (Å²) in [5.41, 5.74) is 0. The van der Waals surface area contributed by atoms with E-state index in [4.69, 9.17) is 0 Å². The van der Waals surface area contributed by atoms with Crippen molar-refractivity contribution in [2.45, 2.75) is 46.6 Å². The molecular formula is C13H26N2O. The van der Waals surface area contributed by atoms with Crippen LogP contribution in [0, 0.1) is 11.8 Å². The van der Waals surface area contributed by atoms with Crippen LogP contribution in [0.15, 0.2) is 0 Å². The Balaban J connectivity index is 2.58. The van der Waals surface area contributed by atoms with E-state index < -0.39 is 0 Å². The highest BCUT2D eigenvalue weighted by molar-refractivity contribution is 5.79. The van der Waals surface area contributed by atoms with Crippen molar-refractivity contribution < 1.29 is 4.79 Å². The Morgan fingerprint density at radius 3 is 2.50 bits per heavy atom. The quantitative estimate of drug-likeness (QED) is 0.794. The second-order valence-electron chi connectivity index (χ2n) is 5.52. The van der Waals surface area contributed by atoms with Crippen molar-refractivity contribution in [3.05, 3.63) is 0 Å². The van der Waals surface area contributed by atoms with Crippen molar-refractivity contribution in [1.82, 2.24) is 10.2 Å². The molecule has 1 heterocycles. The van der Waals surface area contributed by atoms with Crippen LogP contribution in [-0.4, -0.2) is 36.5 Å². The highest BCUT2D eigenvalue weighted by Gasteiger charge is 2.27. The molecule has 0 aromatic heterocycles. The third-order valence-electron chi connectivity index (χ3n) is 3.11. The fourth-order valence-corrected chi connectivity index (χ4v) is 2.25. The van der Waals surface area contributed by atoms with Gasteiger partial charge in [-0.3, -0.25) is 4.79 Å². The van der Waals surface area contributed by atoms with Crippen LogP contribution in [0.2, 0.25) is 0 Å². The number of hydrogen-bond acceptors (Lipinski definition) is 2. The van der Waals surface area contributed by atoms with Crippen LogP contribution in [0.5, 0.6) is 0 Å². The molecule has 0 unspecified atom stereocenters. The summed E-state index contributed by atoms with van der Waals surface area (Å²) in [6, 6.07) is 0.317. The van der Waals surface area contributed by atoms with Gasteiger partial charge in [0.05, 0.1) is 5.92 Å². The molecule has 1 aliphatic heterocycles. The summed E-state index contributed by atoms with van der Waals surface area (Å²) in [5, 5.41) is 3.32. The van der Waals surface area contributed by atoms with Gasteiger partial charge in [-0.25, -0.2) is 0 Å². The standard InChI is InChI=1S/C13H26N2O/c1-10(2)9-15(11(3)4)13(16)12-6-5-7-14-8-12/h10-12,14H,5-9H2,1-4H3/t12-/m0/s1. The van der Waals surface area contributed by atoms with Crippen molar-refractivity contribution in [3.63, 3.8) is 0 Å². The van der Waals surface area contributed by atoms with Crippen LogP contribution >= 0.6 is 0 Å². The normalized spacial score (nSPS) is 21.5. The van der Waals surface area contributed by atoms with E-state index in [1.807, 2.05) is 4.90 Å². The highest BCUT2D eigenvalue weighted by Crippen LogP contribution is 2.16. The van der Waals surface area contributed by atoms with Crippen molar-refractivity contribution >= 4 is 5.91 Å². The molecule has 1 aliphatic rings. The summed E-state index contributed by atoms with van der Waals surface area (Å²) in [4.78, 5) is 14.4. The molecule has 16 heavy (non-hydrogen) atoms. The van der Waals surface area contributed by atoms with Crippen LogP contribution in [-0.2, 0) is 4.79 Å². The topological polar surface area (TPSA) is 32.3 Å². The Morgan fingerprint density at radius 2 is 2.06 bits per heavy atom. The van der Waals surface area contributed by atoms with Crippen molar-refractivity contribution in [3.8, 4) is 0 Å². The summed E-state index contributed by atoms with van der Waals surface area (Å²) in [6.07, 6.45) is 2.18. The van der Waals surface area contributed by atoms with Crippen LogP contribution in [0.25, 0.3) is 0 Å². The molecule has 3 heteroatoms. The second kappa shape index (κ2) is 6.24. The van der Waals surface area contributed by atoms with Gasteiger partial charge in [0.15, 0.2) is 0 Å². The number of amides is 1. The zero-order chi connectivity index (χ0) is 12.1. The van der Waals surface area contributed by atoms with Gasteiger partial charge in [0.2, 0.25) is 5.91 Å². The third-order valence-corrected chi connectivity index (χ3v) is 3.11. The van der Waals surface area contributed by atoms with E-state index in [9.17, 15) is 4.79 Å². The Kier molecular flexibility index (Phi) is 5.26. The molecule has 3 nitrogen and oxygen atoms in total. The summed E-state index contributed by atoms with van der Waals surface area (Å²) < 4.78 is 0. The van der Waals surface area contributed by atoms with Crippen LogP contribution < -0.4 is 5.32 Å². The number of nitrogens with zero attached hydrogens (tertiary/aromatic N) is 1. The lowest BCUT2D eigenvalue weighted by Crippen LogP contribution is -2.47. The minimum absolute atomic E-state index is 0.204. The van der Waals surface area contributed by atoms with Gasteiger partial charge in [0.25, 0.3) is 0 Å². The van der Waals surface area contributed by atoms with Crippen molar-refractivity contribution in [2.24, 2.45) is 11.8 Å². The number of rotatable bonds is 4. The van der Waals surface area contributed by atoms with Crippen LogP contribution in [0.3, 0.4) is 0 Å². The Hall–Kier alpha value is -0.570. The smallest absolute Gasteiger partial charge is 0.227 e.